The van der Waals surface area contributed by atoms with Gasteiger partial charge in [-0.25, -0.2) is 0 Å². The second kappa shape index (κ2) is 8.92. The van der Waals surface area contributed by atoms with E-state index in [1.54, 1.807) is 24.1 Å². The molecule has 1 fully saturated rings. The maximum Gasteiger partial charge on any atom is 0.269 e. The number of methoxy groups -OCH3 is 1. The number of nitrogens with zero attached hydrogens (tertiary/aromatic N) is 3. The Balaban J connectivity index is 2.03. The predicted molar refractivity (Wildman–Crippen MR) is 95.3 cm³/mol. The van der Waals surface area contributed by atoms with E-state index in [4.69, 9.17) is 4.74 Å². The van der Waals surface area contributed by atoms with Crippen LogP contribution in [0.5, 0.6) is 0 Å². The number of benzene rings is 1. The van der Waals surface area contributed by atoms with Crippen molar-refractivity contribution in [2.24, 2.45) is 5.92 Å². The number of non-ortho nitro benzene ring substituents is 1. The molecule has 2 atom stereocenters. The Labute approximate surface area is 148 Å². The van der Waals surface area contributed by atoms with Crippen molar-refractivity contribution in [3.05, 3.63) is 39.9 Å². The molecule has 0 saturated carbocycles. The quantitative estimate of drug-likeness (QED) is 0.558. The molecule has 0 bridgehead atoms. The van der Waals surface area contributed by atoms with Crippen LogP contribution in [0.25, 0.3) is 0 Å². The fourth-order valence-corrected chi connectivity index (χ4v) is 3.32. The zero-order valence-corrected chi connectivity index (χ0v) is 15.2. The minimum Gasteiger partial charge on any atom is -0.383 e. The van der Waals surface area contributed by atoms with Gasteiger partial charge in [-0.3, -0.25) is 19.8 Å². The Morgan fingerprint density at radius 1 is 1.52 bits per heavy atom. The Hall–Kier alpha value is -1.99. The minimum atomic E-state index is -0.372. The van der Waals surface area contributed by atoms with Gasteiger partial charge in [-0.2, -0.15) is 0 Å². The number of hydrogen-bond acceptors (Lipinski definition) is 5. The number of likely N-dealkylation sites (N-methyl/N-ethyl adjacent to an activating group) is 1. The smallest absolute Gasteiger partial charge is 0.269 e. The summed E-state index contributed by atoms with van der Waals surface area (Å²) in [5.74, 6) is 0.116. The van der Waals surface area contributed by atoms with Crippen molar-refractivity contribution in [3.63, 3.8) is 0 Å². The zero-order valence-electron chi connectivity index (χ0n) is 15.2. The molecule has 1 saturated heterocycles. The molecule has 0 radical (unpaired) electrons. The third kappa shape index (κ3) is 4.99. The molecule has 0 aromatic heterocycles. The van der Waals surface area contributed by atoms with Crippen LogP contribution in [0.1, 0.15) is 31.4 Å². The first kappa shape index (κ1) is 19.3. The van der Waals surface area contributed by atoms with Gasteiger partial charge < -0.3 is 9.64 Å². The van der Waals surface area contributed by atoms with Crippen LogP contribution < -0.4 is 0 Å². The van der Waals surface area contributed by atoms with E-state index in [9.17, 15) is 14.9 Å². The van der Waals surface area contributed by atoms with Crippen molar-refractivity contribution < 1.29 is 14.5 Å². The normalized spacial score (nSPS) is 19.4. The molecule has 1 aromatic carbocycles. The van der Waals surface area contributed by atoms with Crippen molar-refractivity contribution in [2.75, 3.05) is 40.4 Å². The van der Waals surface area contributed by atoms with Crippen molar-refractivity contribution in [1.82, 2.24) is 9.80 Å². The van der Waals surface area contributed by atoms with Crippen LogP contribution in [0.3, 0.4) is 0 Å². The topological polar surface area (TPSA) is 75.9 Å². The van der Waals surface area contributed by atoms with Crippen LogP contribution in [-0.2, 0) is 9.53 Å². The lowest BCUT2D eigenvalue weighted by Crippen LogP contribution is -2.45. The zero-order chi connectivity index (χ0) is 18.4. The number of nitro groups is 1. The average Bonchev–Trinajstić information content (AvgIpc) is 2.65. The summed E-state index contributed by atoms with van der Waals surface area (Å²) in [5.41, 5.74) is 1.02. The maximum atomic E-state index is 12.6. The average molecular weight is 349 g/mol. The first-order valence-corrected chi connectivity index (χ1v) is 8.66. The van der Waals surface area contributed by atoms with Crippen LogP contribution in [0.4, 0.5) is 5.69 Å². The molecule has 1 aliphatic rings. The van der Waals surface area contributed by atoms with E-state index in [-0.39, 0.29) is 28.5 Å². The second-order valence-corrected chi connectivity index (χ2v) is 6.61. The van der Waals surface area contributed by atoms with E-state index in [0.29, 0.717) is 19.7 Å². The van der Waals surface area contributed by atoms with E-state index in [2.05, 4.69) is 4.90 Å². The first-order chi connectivity index (χ1) is 11.9. The number of hydrogen-bond donors (Lipinski definition) is 0. The van der Waals surface area contributed by atoms with Gasteiger partial charge in [0.1, 0.15) is 0 Å². The van der Waals surface area contributed by atoms with Gasteiger partial charge in [0.15, 0.2) is 0 Å². The first-order valence-electron chi connectivity index (χ1n) is 8.66. The number of likely N-dealkylation sites (tertiary alicyclic amines) is 1. The molecule has 7 heteroatoms. The van der Waals surface area contributed by atoms with Gasteiger partial charge in [0.25, 0.3) is 5.69 Å². The molecule has 0 aliphatic carbocycles. The summed E-state index contributed by atoms with van der Waals surface area (Å²) in [6, 6.07) is 6.80. The van der Waals surface area contributed by atoms with Crippen LogP contribution in [0.2, 0.25) is 0 Å². The highest BCUT2D eigenvalue weighted by Gasteiger charge is 2.30. The lowest BCUT2D eigenvalue weighted by atomic mass is 9.94. The number of carbonyl (C=O) groups is 1. The molecule has 1 amide bonds. The summed E-state index contributed by atoms with van der Waals surface area (Å²) in [7, 11) is 3.44. The van der Waals surface area contributed by atoms with Crippen molar-refractivity contribution in [2.45, 2.75) is 25.8 Å². The predicted octanol–water partition coefficient (Wildman–Crippen LogP) is 2.47. The molecular formula is C18H27N3O4. The summed E-state index contributed by atoms with van der Waals surface area (Å²) >= 11 is 0. The number of piperidine rings is 1. The Morgan fingerprint density at radius 3 is 2.96 bits per heavy atom. The largest absolute Gasteiger partial charge is 0.383 e. The fourth-order valence-electron chi connectivity index (χ4n) is 3.32. The summed E-state index contributed by atoms with van der Waals surface area (Å²) in [6.07, 6.45) is 1.84. The van der Waals surface area contributed by atoms with E-state index >= 15 is 0 Å². The van der Waals surface area contributed by atoms with Gasteiger partial charge >= 0.3 is 0 Å². The van der Waals surface area contributed by atoms with Crippen LogP contribution in [0, 0.1) is 16.0 Å². The van der Waals surface area contributed by atoms with Gasteiger partial charge in [0.2, 0.25) is 5.91 Å². The molecule has 1 aliphatic heterocycles. The van der Waals surface area contributed by atoms with Crippen molar-refractivity contribution in [3.8, 4) is 0 Å². The molecule has 1 heterocycles. The number of amides is 1. The summed E-state index contributed by atoms with van der Waals surface area (Å²) in [4.78, 5) is 27.2. The number of rotatable bonds is 7. The van der Waals surface area contributed by atoms with E-state index < -0.39 is 0 Å². The van der Waals surface area contributed by atoms with Gasteiger partial charge in [0, 0.05) is 45.4 Å². The SMILES string of the molecule is COCCN(C)C(=O)[C@H]1CCCN([C@H](C)c2cccc([N+](=O)[O-])c2)C1. The molecule has 0 N–H and O–H groups in total. The number of carbonyl (C=O) groups excluding carboxylic acids is 1. The molecular weight excluding hydrogens is 322 g/mol. The molecule has 1 aromatic rings. The van der Waals surface area contributed by atoms with Crippen molar-refractivity contribution >= 4 is 11.6 Å². The van der Waals surface area contributed by atoms with Gasteiger partial charge in [-0.15, -0.1) is 0 Å². The van der Waals surface area contributed by atoms with Gasteiger partial charge in [0.05, 0.1) is 17.4 Å². The number of ether oxygens (including phenoxy) is 1. The highest BCUT2D eigenvalue weighted by Crippen LogP contribution is 2.29. The van der Waals surface area contributed by atoms with Crippen molar-refractivity contribution in [1.29, 1.82) is 0 Å². The van der Waals surface area contributed by atoms with Gasteiger partial charge in [-0.05, 0) is 31.9 Å². The molecule has 25 heavy (non-hydrogen) atoms. The highest BCUT2D eigenvalue weighted by molar-refractivity contribution is 5.78. The van der Waals surface area contributed by atoms with Crippen LogP contribution in [0.15, 0.2) is 24.3 Å². The molecule has 0 unspecified atom stereocenters. The molecule has 138 valence electrons. The van der Waals surface area contributed by atoms with E-state index in [1.807, 2.05) is 20.0 Å². The minimum absolute atomic E-state index is 0.0308. The van der Waals surface area contributed by atoms with E-state index in [1.165, 1.54) is 6.07 Å². The van der Waals surface area contributed by atoms with Crippen LogP contribution in [-0.4, -0.2) is 61.0 Å². The highest BCUT2D eigenvalue weighted by atomic mass is 16.6. The number of nitro benzene ring substituents is 1. The summed E-state index contributed by atoms with van der Waals surface area (Å²) in [6.45, 7) is 4.74. The third-order valence-electron chi connectivity index (χ3n) is 4.92. The second-order valence-electron chi connectivity index (χ2n) is 6.61. The Morgan fingerprint density at radius 2 is 2.28 bits per heavy atom. The lowest BCUT2D eigenvalue weighted by molar-refractivity contribution is -0.385. The standard InChI is InChI=1S/C18H27N3O4/c1-14(15-6-4-8-17(12-15)21(23)24)20-9-5-7-16(13-20)18(22)19(2)10-11-25-3/h4,6,8,12,14,16H,5,7,9-11,13H2,1-3H3/t14-,16+/m1/s1. The monoisotopic (exact) mass is 349 g/mol. The summed E-state index contributed by atoms with van der Waals surface area (Å²) < 4.78 is 5.04. The Kier molecular flexibility index (Phi) is 6.90. The molecule has 7 nitrogen and oxygen atoms in total. The lowest BCUT2D eigenvalue weighted by Gasteiger charge is -2.37. The third-order valence-corrected chi connectivity index (χ3v) is 4.92. The maximum absolute atomic E-state index is 12.6. The van der Waals surface area contributed by atoms with Gasteiger partial charge in [-0.1, -0.05) is 12.1 Å². The van der Waals surface area contributed by atoms with E-state index in [0.717, 1.165) is 24.9 Å². The fraction of sp³-hybridized carbons (Fsp3) is 0.611. The van der Waals surface area contributed by atoms with Crippen LogP contribution >= 0.6 is 0 Å². The molecule has 2 rings (SSSR count). The summed E-state index contributed by atoms with van der Waals surface area (Å²) in [5, 5.41) is 11.0. The Bertz CT molecular complexity index is 608. The molecule has 0 spiro atoms.